The SMILES string of the molecule is C=CCOC(=O)C1=C(C)Nc2nc(SCCC)[nH]c(=O)c2[C@H]1c1sccc1C. The summed E-state index contributed by atoms with van der Waals surface area (Å²) in [5.74, 6) is 0.383. The van der Waals surface area contributed by atoms with E-state index >= 15 is 0 Å². The average Bonchev–Trinajstić information content (AvgIpc) is 3.08. The Morgan fingerprint density at radius 2 is 2.25 bits per heavy atom. The molecule has 148 valence electrons. The molecule has 8 heteroatoms. The highest BCUT2D eigenvalue weighted by molar-refractivity contribution is 7.99. The monoisotopic (exact) mass is 417 g/mol. The Hall–Kier alpha value is -2.32. The molecule has 0 saturated carbocycles. The Morgan fingerprint density at radius 3 is 2.89 bits per heavy atom. The van der Waals surface area contributed by atoms with Gasteiger partial charge >= 0.3 is 5.97 Å². The third kappa shape index (κ3) is 3.93. The molecule has 0 aliphatic carbocycles. The summed E-state index contributed by atoms with van der Waals surface area (Å²) >= 11 is 3.02. The number of hydrogen-bond donors (Lipinski definition) is 2. The molecular formula is C20H23N3O3S2. The molecule has 0 unspecified atom stereocenters. The van der Waals surface area contributed by atoms with Crippen molar-refractivity contribution in [3.8, 4) is 0 Å². The van der Waals surface area contributed by atoms with Crippen molar-refractivity contribution in [3.05, 3.63) is 61.7 Å². The lowest BCUT2D eigenvalue weighted by atomic mass is 9.85. The number of hydrogen-bond acceptors (Lipinski definition) is 7. The molecule has 0 fully saturated rings. The number of thiophene rings is 1. The lowest BCUT2D eigenvalue weighted by Gasteiger charge is -2.28. The van der Waals surface area contributed by atoms with Crippen LogP contribution in [0.4, 0.5) is 5.82 Å². The highest BCUT2D eigenvalue weighted by Gasteiger charge is 2.37. The summed E-state index contributed by atoms with van der Waals surface area (Å²) in [5.41, 5.74) is 2.30. The summed E-state index contributed by atoms with van der Waals surface area (Å²) in [6.45, 7) is 9.56. The van der Waals surface area contributed by atoms with E-state index in [0.717, 1.165) is 22.6 Å². The van der Waals surface area contributed by atoms with Crippen LogP contribution in [-0.4, -0.2) is 28.3 Å². The zero-order valence-corrected chi connectivity index (χ0v) is 17.8. The van der Waals surface area contributed by atoms with Crippen LogP contribution >= 0.6 is 23.1 Å². The Balaban J connectivity index is 2.16. The Kier molecular flexibility index (Phi) is 6.41. The van der Waals surface area contributed by atoms with Crippen molar-refractivity contribution in [3.63, 3.8) is 0 Å². The summed E-state index contributed by atoms with van der Waals surface area (Å²) < 4.78 is 5.31. The number of H-pyrrole nitrogens is 1. The van der Waals surface area contributed by atoms with Crippen molar-refractivity contribution in [2.75, 3.05) is 17.7 Å². The molecule has 2 aromatic rings. The fraction of sp³-hybridized carbons (Fsp3) is 0.350. The highest BCUT2D eigenvalue weighted by atomic mass is 32.2. The smallest absolute Gasteiger partial charge is 0.337 e. The third-order valence-corrected chi connectivity index (χ3v) is 6.54. The van der Waals surface area contributed by atoms with Crippen LogP contribution in [0, 0.1) is 6.92 Å². The summed E-state index contributed by atoms with van der Waals surface area (Å²) in [4.78, 5) is 34.2. The van der Waals surface area contributed by atoms with Gasteiger partial charge in [-0.2, -0.15) is 0 Å². The Morgan fingerprint density at radius 1 is 1.46 bits per heavy atom. The number of anilines is 1. The van der Waals surface area contributed by atoms with E-state index in [0.29, 0.717) is 27.8 Å². The zero-order chi connectivity index (χ0) is 20.3. The van der Waals surface area contributed by atoms with Crippen molar-refractivity contribution in [1.82, 2.24) is 9.97 Å². The summed E-state index contributed by atoms with van der Waals surface area (Å²) in [6, 6.07) is 1.98. The number of esters is 1. The maximum Gasteiger partial charge on any atom is 0.337 e. The van der Waals surface area contributed by atoms with Crippen LogP contribution in [0.1, 0.15) is 42.2 Å². The van der Waals surface area contributed by atoms with Crippen molar-refractivity contribution in [2.45, 2.75) is 38.3 Å². The molecular weight excluding hydrogens is 394 g/mol. The largest absolute Gasteiger partial charge is 0.458 e. The van der Waals surface area contributed by atoms with Gasteiger partial charge in [-0.15, -0.1) is 11.3 Å². The molecule has 1 atom stereocenters. The van der Waals surface area contributed by atoms with E-state index < -0.39 is 11.9 Å². The molecule has 0 saturated heterocycles. The number of carbonyl (C=O) groups excluding carboxylic acids is 1. The van der Waals surface area contributed by atoms with Gasteiger partial charge in [0.2, 0.25) is 0 Å². The molecule has 0 aromatic carbocycles. The van der Waals surface area contributed by atoms with Gasteiger partial charge in [-0.25, -0.2) is 9.78 Å². The molecule has 3 heterocycles. The van der Waals surface area contributed by atoms with Crippen LogP contribution in [0.2, 0.25) is 0 Å². The number of carbonyl (C=O) groups is 1. The van der Waals surface area contributed by atoms with Crippen LogP contribution in [0.5, 0.6) is 0 Å². The lowest BCUT2D eigenvalue weighted by molar-refractivity contribution is -0.138. The molecule has 1 aliphatic heterocycles. The van der Waals surface area contributed by atoms with Gasteiger partial charge in [-0.05, 0) is 37.3 Å². The Labute approximate surface area is 172 Å². The number of aromatic nitrogens is 2. The maximum absolute atomic E-state index is 13.0. The molecule has 1 aliphatic rings. The number of thioether (sulfide) groups is 1. The van der Waals surface area contributed by atoms with Crippen LogP contribution in [-0.2, 0) is 9.53 Å². The van der Waals surface area contributed by atoms with E-state index in [1.807, 2.05) is 25.3 Å². The summed E-state index contributed by atoms with van der Waals surface area (Å²) in [5, 5.41) is 5.68. The second-order valence-corrected chi connectivity index (χ2v) is 8.46. The second-order valence-electron chi connectivity index (χ2n) is 6.43. The fourth-order valence-corrected chi connectivity index (χ4v) is 4.89. The van der Waals surface area contributed by atoms with Gasteiger partial charge in [0, 0.05) is 16.3 Å². The van der Waals surface area contributed by atoms with Crippen LogP contribution < -0.4 is 10.9 Å². The van der Waals surface area contributed by atoms with Crippen molar-refractivity contribution < 1.29 is 9.53 Å². The highest BCUT2D eigenvalue weighted by Crippen LogP contribution is 2.43. The van der Waals surface area contributed by atoms with Crippen LogP contribution in [0.15, 0.2) is 45.3 Å². The predicted octanol–water partition coefficient (Wildman–Crippen LogP) is 4.20. The molecule has 0 amide bonds. The van der Waals surface area contributed by atoms with Gasteiger partial charge in [-0.3, -0.25) is 4.79 Å². The summed E-state index contributed by atoms with van der Waals surface area (Å²) in [7, 11) is 0. The van der Waals surface area contributed by atoms with Crippen molar-refractivity contribution in [2.24, 2.45) is 0 Å². The number of rotatable bonds is 7. The molecule has 3 rings (SSSR count). The van der Waals surface area contributed by atoms with Gasteiger partial charge in [0.15, 0.2) is 5.16 Å². The fourth-order valence-electron chi connectivity index (χ4n) is 3.12. The van der Waals surface area contributed by atoms with Gasteiger partial charge in [0.05, 0.1) is 17.1 Å². The predicted molar refractivity (Wildman–Crippen MR) is 114 cm³/mol. The first kappa shape index (κ1) is 20.4. The van der Waals surface area contributed by atoms with Gasteiger partial charge in [0.1, 0.15) is 12.4 Å². The maximum atomic E-state index is 13.0. The second kappa shape index (κ2) is 8.79. The minimum absolute atomic E-state index is 0.111. The third-order valence-electron chi connectivity index (χ3n) is 4.38. The average molecular weight is 418 g/mol. The molecule has 28 heavy (non-hydrogen) atoms. The normalized spacial score (nSPS) is 15.8. The quantitative estimate of drug-likeness (QED) is 0.304. The molecule has 0 bridgehead atoms. The zero-order valence-electron chi connectivity index (χ0n) is 16.1. The molecule has 2 N–H and O–H groups in total. The lowest BCUT2D eigenvalue weighted by Crippen LogP contribution is -2.31. The van der Waals surface area contributed by atoms with E-state index in [1.54, 1.807) is 0 Å². The van der Waals surface area contributed by atoms with E-state index in [4.69, 9.17) is 4.74 Å². The van der Waals surface area contributed by atoms with Gasteiger partial charge < -0.3 is 15.0 Å². The minimum Gasteiger partial charge on any atom is -0.458 e. The minimum atomic E-state index is -0.518. The number of nitrogens with zero attached hydrogens (tertiary/aromatic N) is 1. The van der Waals surface area contributed by atoms with Crippen molar-refractivity contribution >= 4 is 34.9 Å². The Bertz CT molecular complexity index is 991. The first-order valence-electron chi connectivity index (χ1n) is 9.04. The van der Waals surface area contributed by atoms with Gasteiger partial charge in [-0.1, -0.05) is 31.3 Å². The number of fused-ring (bicyclic) bond motifs is 1. The molecule has 6 nitrogen and oxygen atoms in total. The number of nitrogens with one attached hydrogen (secondary N) is 2. The molecule has 0 radical (unpaired) electrons. The topological polar surface area (TPSA) is 84.1 Å². The first-order valence-corrected chi connectivity index (χ1v) is 10.9. The standard InChI is InChI=1S/C20H23N3O3S2/c1-5-8-26-19(25)13-12(4)21-17-15(14(13)16-11(3)7-10-27-16)18(24)23-20(22-17)28-9-6-2/h5,7,10,14H,1,6,8-9H2,2-4H3,(H2,21,22,23,24)/t14-/m0/s1. The van der Waals surface area contributed by atoms with E-state index in [9.17, 15) is 9.59 Å². The molecule has 0 spiro atoms. The number of allylic oxidation sites excluding steroid dienone is 1. The number of aromatic amines is 1. The number of aryl methyl sites for hydroxylation is 1. The van der Waals surface area contributed by atoms with E-state index in [1.165, 1.54) is 29.2 Å². The van der Waals surface area contributed by atoms with E-state index in [2.05, 4.69) is 28.8 Å². The van der Waals surface area contributed by atoms with Crippen LogP contribution in [0.3, 0.4) is 0 Å². The van der Waals surface area contributed by atoms with Gasteiger partial charge in [0.25, 0.3) is 5.56 Å². The van der Waals surface area contributed by atoms with Crippen molar-refractivity contribution in [1.29, 1.82) is 0 Å². The molecule has 2 aromatic heterocycles. The number of ether oxygens (including phenoxy) is 1. The first-order chi connectivity index (χ1) is 13.5. The van der Waals surface area contributed by atoms with E-state index in [-0.39, 0.29) is 12.2 Å². The summed E-state index contributed by atoms with van der Waals surface area (Å²) in [6.07, 6.45) is 2.50. The van der Waals surface area contributed by atoms with Crippen LogP contribution in [0.25, 0.3) is 0 Å².